The lowest BCUT2D eigenvalue weighted by atomic mass is 9.74. The number of ether oxygens (including phenoxy) is 3. The standard InChI is InChI=1S/C24H38N4O4/c1-16-12-28(13-17(2)32-16)23-25-11-19-20(9-24(3,4)10-21(19)27-23)26-22(29)15-30-14-18-7-5-6-8-31-18/h11,16-18,20H,5-10,12-15H2,1-4H3,(H,26,29). The zero-order chi connectivity index (χ0) is 22.7. The van der Waals surface area contributed by atoms with Crippen molar-refractivity contribution in [1.82, 2.24) is 15.3 Å². The second-order valence-electron chi connectivity index (χ2n) is 10.4. The summed E-state index contributed by atoms with van der Waals surface area (Å²) in [5, 5.41) is 3.16. The topological polar surface area (TPSA) is 85.8 Å². The molecule has 1 aliphatic carbocycles. The lowest BCUT2D eigenvalue weighted by Crippen LogP contribution is -2.46. The van der Waals surface area contributed by atoms with Crippen LogP contribution in [0.15, 0.2) is 6.20 Å². The average molecular weight is 447 g/mol. The predicted molar refractivity (Wildman–Crippen MR) is 122 cm³/mol. The van der Waals surface area contributed by atoms with Crippen LogP contribution >= 0.6 is 0 Å². The summed E-state index contributed by atoms with van der Waals surface area (Å²) in [6.07, 6.45) is 7.33. The number of carbonyl (C=O) groups is 1. The van der Waals surface area contributed by atoms with Crippen molar-refractivity contribution >= 4 is 11.9 Å². The Labute approximate surface area is 191 Å². The molecule has 0 bridgehead atoms. The van der Waals surface area contributed by atoms with Gasteiger partial charge in [0, 0.05) is 31.5 Å². The Kier molecular flexibility index (Phi) is 7.32. The number of fused-ring (bicyclic) bond motifs is 1. The molecule has 3 heterocycles. The van der Waals surface area contributed by atoms with Crippen molar-refractivity contribution in [2.45, 2.75) is 84.2 Å². The van der Waals surface area contributed by atoms with E-state index in [4.69, 9.17) is 19.2 Å². The number of hydrogen-bond donors (Lipinski definition) is 1. The minimum absolute atomic E-state index is 0.0406. The molecule has 0 spiro atoms. The number of rotatable bonds is 6. The lowest BCUT2D eigenvalue weighted by Gasteiger charge is -2.38. The second kappa shape index (κ2) is 10.0. The maximum absolute atomic E-state index is 12.6. The fraction of sp³-hybridized carbons (Fsp3) is 0.792. The number of morpholine rings is 1. The van der Waals surface area contributed by atoms with Gasteiger partial charge in [0.25, 0.3) is 0 Å². The van der Waals surface area contributed by atoms with E-state index in [1.165, 1.54) is 6.42 Å². The van der Waals surface area contributed by atoms with E-state index in [0.29, 0.717) is 6.61 Å². The minimum atomic E-state index is -0.104. The quantitative estimate of drug-likeness (QED) is 0.719. The molecule has 4 unspecified atom stereocenters. The molecule has 2 saturated heterocycles. The van der Waals surface area contributed by atoms with Gasteiger partial charge in [-0.15, -0.1) is 0 Å². The van der Waals surface area contributed by atoms with E-state index in [1.807, 2.05) is 6.20 Å². The highest BCUT2D eigenvalue weighted by Gasteiger charge is 2.35. The molecule has 1 amide bonds. The Morgan fingerprint density at radius 2 is 2.06 bits per heavy atom. The lowest BCUT2D eigenvalue weighted by molar-refractivity contribution is -0.128. The van der Waals surface area contributed by atoms with Crippen LogP contribution in [0.4, 0.5) is 5.95 Å². The van der Waals surface area contributed by atoms with Gasteiger partial charge in [-0.2, -0.15) is 0 Å². The van der Waals surface area contributed by atoms with Gasteiger partial charge in [0.1, 0.15) is 6.61 Å². The molecule has 178 valence electrons. The molecule has 1 aromatic heterocycles. The minimum Gasteiger partial charge on any atom is -0.376 e. The third-order valence-electron chi connectivity index (χ3n) is 6.51. The van der Waals surface area contributed by atoms with E-state index in [2.05, 4.69) is 42.9 Å². The second-order valence-corrected chi connectivity index (χ2v) is 10.4. The van der Waals surface area contributed by atoms with Gasteiger partial charge in [0.15, 0.2) is 0 Å². The van der Waals surface area contributed by atoms with Crippen molar-refractivity contribution in [3.63, 3.8) is 0 Å². The number of aromatic nitrogens is 2. The van der Waals surface area contributed by atoms with Gasteiger partial charge in [-0.1, -0.05) is 13.8 Å². The van der Waals surface area contributed by atoms with Crippen molar-refractivity contribution in [3.8, 4) is 0 Å². The number of hydrogen-bond acceptors (Lipinski definition) is 7. The molecule has 8 nitrogen and oxygen atoms in total. The molecule has 4 atom stereocenters. The summed E-state index contributed by atoms with van der Waals surface area (Å²) in [4.78, 5) is 24.4. The number of nitrogens with zero attached hydrogens (tertiary/aromatic N) is 3. The number of nitrogens with one attached hydrogen (secondary N) is 1. The monoisotopic (exact) mass is 446 g/mol. The largest absolute Gasteiger partial charge is 0.376 e. The molecule has 2 fully saturated rings. The normalized spacial score (nSPS) is 29.9. The summed E-state index contributed by atoms with van der Waals surface area (Å²) in [7, 11) is 0. The molecule has 2 aliphatic heterocycles. The van der Waals surface area contributed by atoms with Crippen molar-refractivity contribution in [3.05, 3.63) is 17.5 Å². The molecule has 1 aromatic rings. The summed E-state index contributed by atoms with van der Waals surface area (Å²) < 4.78 is 17.2. The van der Waals surface area contributed by atoms with E-state index in [1.54, 1.807) is 0 Å². The highest BCUT2D eigenvalue weighted by molar-refractivity contribution is 5.77. The number of amides is 1. The van der Waals surface area contributed by atoms with Gasteiger partial charge in [-0.25, -0.2) is 9.97 Å². The van der Waals surface area contributed by atoms with Crippen LogP contribution in [-0.2, 0) is 25.4 Å². The maximum atomic E-state index is 12.6. The molecule has 0 saturated carbocycles. The van der Waals surface area contributed by atoms with E-state index >= 15 is 0 Å². The van der Waals surface area contributed by atoms with Crippen LogP contribution < -0.4 is 10.2 Å². The average Bonchev–Trinajstić information content (AvgIpc) is 2.72. The molecular weight excluding hydrogens is 408 g/mol. The van der Waals surface area contributed by atoms with Gasteiger partial charge in [0.05, 0.1) is 36.7 Å². The summed E-state index contributed by atoms with van der Waals surface area (Å²) >= 11 is 0. The summed E-state index contributed by atoms with van der Waals surface area (Å²) in [6, 6.07) is -0.104. The molecule has 0 radical (unpaired) electrons. The predicted octanol–water partition coefficient (Wildman–Crippen LogP) is 2.81. The molecule has 8 heteroatoms. The van der Waals surface area contributed by atoms with Crippen molar-refractivity contribution in [2.75, 3.05) is 37.8 Å². The Morgan fingerprint density at radius 3 is 2.78 bits per heavy atom. The fourth-order valence-electron chi connectivity index (χ4n) is 5.12. The van der Waals surface area contributed by atoms with Crippen LogP contribution in [0.25, 0.3) is 0 Å². The van der Waals surface area contributed by atoms with Crippen molar-refractivity contribution < 1.29 is 19.0 Å². The zero-order valence-electron chi connectivity index (χ0n) is 19.9. The first-order valence-corrected chi connectivity index (χ1v) is 12.0. The van der Waals surface area contributed by atoms with Crippen LogP contribution in [0, 0.1) is 5.41 Å². The summed E-state index contributed by atoms with van der Waals surface area (Å²) in [5.41, 5.74) is 2.09. The number of carbonyl (C=O) groups excluding carboxylic acids is 1. The molecule has 1 N–H and O–H groups in total. The number of anilines is 1. The summed E-state index contributed by atoms with van der Waals surface area (Å²) in [5.74, 6) is 0.652. The molecule has 3 aliphatic rings. The van der Waals surface area contributed by atoms with Gasteiger partial charge in [-0.05, 0) is 51.4 Å². The maximum Gasteiger partial charge on any atom is 0.246 e. The zero-order valence-corrected chi connectivity index (χ0v) is 19.9. The highest BCUT2D eigenvalue weighted by atomic mass is 16.5. The first-order chi connectivity index (χ1) is 15.3. The Balaban J connectivity index is 1.40. The molecule has 32 heavy (non-hydrogen) atoms. The van der Waals surface area contributed by atoms with Gasteiger partial charge in [0.2, 0.25) is 11.9 Å². The van der Waals surface area contributed by atoms with Crippen LogP contribution in [0.5, 0.6) is 0 Å². The third kappa shape index (κ3) is 5.97. The highest BCUT2D eigenvalue weighted by Crippen LogP contribution is 2.40. The van der Waals surface area contributed by atoms with E-state index < -0.39 is 0 Å². The molecule has 4 rings (SSSR count). The first-order valence-electron chi connectivity index (χ1n) is 12.0. The Hall–Kier alpha value is -1.77. The van der Waals surface area contributed by atoms with Crippen LogP contribution in [0.2, 0.25) is 0 Å². The first kappa shape index (κ1) is 23.4. The van der Waals surface area contributed by atoms with Gasteiger partial charge >= 0.3 is 0 Å². The van der Waals surface area contributed by atoms with E-state index in [-0.39, 0.29) is 42.3 Å². The Bertz CT molecular complexity index is 786. The van der Waals surface area contributed by atoms with Crippen LogP contribution in [-0.4, -0.2) is 67.1 Å². The smallest absolute Gasteiger partial charge is 0.246 e. The van der Waals surface area contributed by atoms with Crippen LogP contribution in [0.1, 0.15) is 70.7 Å². The Morgan fingerprint density at radius 1 is 1.28 bits per heavy atom. The van der Waals surface area contributed by atoms with E-state index in [0.717, 1.165) is 62.6 Å². The fourth-order valence-corrected chi connectivity index (χ4v) is 5.12. The van der Waals surface area contributed by atoms with Gasteiger partial charge < -0.3 is 24.4 Å². The van der Waals surface area contributed by atoms with Crippen molar-refractivity contribution in [1.29, 1.82) is 0 Å². The molecular formula is C24H38N4O4. The summed E-state index contributed by atoms with van der Waals surface area (Å²) in [6.45, 7) is 11.5. The van der Waals surface area contributed by atoms with E-state index in [9.17, 15) is 4.79 Å². The SMILES string of the molecule is CC1CN(c2ncc3c(n2)CC(C)(C)CC3NC(=O)COCC2CCCCO2)CC(C)O1. The van der Waals surface area contributed by atoms with Crippen LogP contribution in [0.3, 0.4) is 0 Å². The molecule has 0 aromatic carbocycles. The third-order valence-corrected chi connectivity index (χ3v) is 6.51. The van der Waals surface area contributed by atoms with Crippen molar-refractivity contribution in [2.24, 2.45) is 5.41 Å². The van der Waals surface area contributed by atoms with Gasteiger partial charge in [-0.3, -0.25) is 4.79 Å².